The van der Waals surface area contributed by atoms with Gasteiger partial charge < -0.3 is 15.4 Å². The first kappa shape index (κ1) is 12.5. The molecule has 0 aromatic rings. The normalized spacial score (nSPS) is 25.5. The van der Waals surface area contributed by atoms with E-state index in [4.69, 9.17) is 4.74 Å². The number of ether oxygens (including phenoxy) is 1. The Morgan fingerprint density at radius 3 is 3.00 bits per heavy atom. The third-order valence-corrected chi connectivity index (χ3v) is 2.81. The quantitative estimate of drug-likeness (QED) is 0.639. The molecular weight excluding hydrogens is 192 g/mol. The van der Waals surface area contributed by atoms with Crippen molar-refractivity contribution in [2.75, 3.05) is 26.3 Å². The van der Waals surface area contributed by atoms with Crippen molar-refractivity contribution in [3.05, 3.63) is 0 Å². The van der Waals surface area contributed by atoms with Crippen LogP contribution in [0.1, 0.15) is 33.1 Å². The molecule has 0 aromatic carbocycles. The molecule has 1 rings (SSSR count). The Balaban J connectivity index is 2.10. The van der Waals surface area contributed by atoms with Crippen LogP contribution in [-0.2, 0) is 9.53 Å². The van der Waals surface area contributed by atoms with Crippen molar-refractivity contribution < 1.29 is 9.53 Å². The minimum Gasteiger partial charge on any atom is -0.381 e. The van der Waals surface area contributed by atoms with Crippen LogP contribution in [0.15, 0.2) is 0 Å². The van der Waals surface area contributed by atoms with Crippen molar-refractivity contribution in [3.8, 4) is 0 Å². The topological polar surface area (TPSA) is 50.4 Å². The van der Waals surface area contributed by atoms with Crippen LogP contribution in [0, 0.1) is 0 Å². The molecule has 1 aliphatic rings. The summed E-state index contributed by atoms with van der Waals surface area (Å²) >= 11 is 0. The molecule has 0 bridgehead atoms. The summed E-state index contributed by atoms with van der Waals surface area (Å²) < 4.78 is 5.12. The van der Waals surface area contributed by atoms with E-state index in [0.29, 0.717) is 19.6 Å². The highest BCUT2D eigenvalue weighted by Crippen LogP contribution is 2.16. The largest absolute Gasteiger partial charge is 0.381 e. The molecular formula is C11H22N2O2. The van der Waals surface area contributed by atoms with Gasteiger partial charge in [-0.15, -0.1) is 0 Å². The molecule has 1 unspecified atom stereocenters. The number of carbonyl (C=O) groups excluding carboxylic acids is 1. The van der Waals surface area contributed by atoms with Gasteiger partial charge >= 0.3 is 0 Å². The lowest BCUT2D eigenvalue weighted by atomic mass is 10.0. The van der Waals surface area contributed by atoms with E-state index < -0.39 is 0 Å². The zero-order chi connectivity index (χ0) is 11.1. The van der Waals surface area contributed by atoms with E-state index in [1.807, 2.05) is 6.92 Å². The third kappa shape index (κ3) is 4.62. The van der Waals surface area contributed by atoms with Gasteiger partial charge in [0.25, 0.3) is 0 Å². The molecule has 2 N–H and O–H groups in total. The summed E-state index contributed by atoms with van der Waals surface area (Å²) in [6.07, 6.45) is 2.80. The average molecular weight is 214 g/mol. The summed E-state index contributed by atoms with van der Waals surface area (Å²) in [5, 5.41) is 6.35. The van der Waals surface area contributed by atoms with E-state index in [1.54, 1.807) is 0 Å². The highest BCUT2D eigenvalue weighted by atomic mass is 16.5. The Morgan fingerprint density at radius 1 is 1.60 bits per heavy atom. The predicted octanol–water partition coefficient (Wildman–Crippen LogP) is 0.671. The lowest BCUT2D eigenvalue weighted by Crippen LogP contribution is -2.47. The lowest BCUT2D eigenvalue weighted by Gasteiger charge is -2.24. The maximum absolute atomic E-state index is 11.4. The first-order valence-corrected chi connectivity index (χ1v) is 5.76. The Bertz CT molecular complexity index is 201. The molecule has 1 fully saturated rings. The van der Waals surface area contributed by atoms with Crippen LogP contribution in [0.25, 0.3) is 0 Å². The van der Waals surface area contributed by atoms with Gasteiger partial charge in [-0.05, 0) is 33.2 Å². The average Bonchev–Trinajstić information content (AvgIpc) is 2.64. The molecule has 15 heavy (non-hydrogen) atoms. The van der Waals surface area contributed by atoms with Crippen LogP contribution >= 0.6 is 0 Å². The number of hydrogen-bond donors (Lipinski definition) is 2. The zero-order valence-electron chi connectivity index (χ0n) is 9.77. The van der Waals surface area contributed by atoms with Crippen LogP contribution in [0.3, 0.4) is 0 Å². The smallest absolute Gasteiger partial charge is 0.222 e. The maximum Gasteiger partial charge on any atom is 0.222 e. The molecule has 0 radical (unpaired) electrons. The van der Waals surface area contributed by atoms with E-state index in [1.165, 1.54) is 6.42 Å². The van der Waals surface area contributed by atoms with E-state index in [2.05, 4.69) is 17.6 Å². The first-order valence-electron chi connectivity index (χ1n) is 5.76. The molecule has 0 aromatic heterocycles. The van der Waals surface area contributed by atoms with Crippen LogP contribution < -0.4 is 10.6 Å². The summed E-state index contributed by atoms with van der Waals surface area (Å²) in [7, 11) is 0. The molecule has 1 heterocycles. The van der Waals surface area contributed by atoms with Crippen LogP contribution in [0.4, 0.5) is 0 Å². The number of rotatable bonds is 6. The van der Waals surface area contributed by atoms with Crippen LogP contribution in [0.5, 0.6) is 0 Å². The maximum atomic E-state index is 11.4. The van der Waals surface area contributed by atoms with Gasteiger partial charge in [0, 0.05) is 25.1 Å². The van der Waals surface area contributed by atoms with E-state index in [-0.39, 0.29) is 11.4 Å². The van der Waals surface area contributed by atoms with Gasteiger partial charge in [0.2, 0.25) is 5.91 Å². The van der Waals surface area contributed by atoms with E-state index in [9.17, 15) is 4.79 Å². The Labute approximate surface area is 91.8 Å². The monoisotopic (exact) mass is 214 g/mol. The fourth-order valence-electron chi connectivity index (χ4n) is 1.80. The third-order valence-electron chi connectivity index (χ3n) is 2.81. The molecule has 1 amide bonds. The fraction of sp³-hybridized carbons (Fsp3) is 0.909. The second-order valence-electron chi connectivity index (χ2n) is 4.31. The molecule has 88 valence electrons. The molecule has 1 atom stereocenters. The standard InChI is InChI=1S/C11H22N2O2/c1-3-15-8-5-10(14)12-9-11(2)6-4-7-13-11/h13H,3-9H2,1-2H3,(H,12,14). The highest BCUT2D eigenvalue weighted by molar-refractivity contribution is 5.76. The highest BCUT2D eigenvalue weighted by Gasteiger charge is 2.27. The van der Waals surface area contributed by atoms with Crippen molar-refractivity contribution in [1.29, 1.82) is 0 Å². The van der Waals surface area contributed by atoms with E-state index >= 15 is 0 Å². The van der Waals surface area contributed by atoms with Gasteiger partial charge in [-0.2, -0.15) is 0 Å². The molecule has 4 heteroatoms. The molecule has 1 aliphatic heterocycles. The first-order chi connectivity index (χ1) is 7.16. The summed E-state index contributed by atoms with van der Waals surface area (Å²) in [4.78, 5) is 11.4. The predicted molar refractivity (Wildman–Crippen MR) is 59.8 cm³/mol. The number of amides is 1. The summed E-state index contributed by atoms with van der Waals surface area (Å²) in [5.74, 6) is 0.0818. The summed E-state index contributed by atoms with van der Waals surface area (Å²) in [5.41, 5.74) is 0.0985. The molecule has 0 spiro atoms. The lowest BCUT2D eigenvalue weighted by molar-refractivity contribution is -0.122. The molecule has 0 saturated carbocycles. The van der Waals surface area contributed by atoms with Crippen molar-refractivity contribution >= 4 is 5.91 Å². The van der Waals surface area contributed by atoms with Crippen molar-refractivity contribution in [2.45, 2.75) is 38.6 Å². The Kier molecular flexibility index (Phi) is 5.05. The van der Waals surface area contributed by atoms with Gasteiger partial charge in [-0.25, -0.2) is 0 Å². The molecule has 4 nitrogen and oxygen atoms in total. The van der Waals surface area contributed by atoms with Crippen LogP contribution in [-0.4, -0.2) is 37.7 Å². The van der Waals surface area contributed by atoms with Crippen molar-refractivity contribution in [1.82, 2.24) is 10.6 Å². The Morgan fingerprint density at radius 2 is 2.40 bits per heavy atom. The molecule has 0 aliphatic carbocycles. The zero-order valence-corrected chi connectivity index (χ0v) is 9.77. The van der Waals surface area contributed by atoms with Gasteiger partial charge in [0.05, 0.1) is 6.61 Å². The van der Waals surface area contributed by atoms with Gasteiger partial charge in [-0.1, -0.05) is 0 Å². The summed E-state index contributed by atoms with van der Waals surface area (Å²) in [6, 6.07) is 0. The van der Waals surface area contributed by atoms with Gasteiger partial charge in [0.1, 0.15) is 0 Å². The van der Waals surface area contributed by atoms with Crippen LogP contribution in [0.2, 0.25) is 0 Å². The number of nitrogens with one attached hydrogen (secondary N) is 2. The van der Waals surface area contributed by atoms with Gasteiger partial charge in [-0.3, -0.25) is 4.79 Å². The summed E-state index contributed by atoms with van der Waals surface area (Å²) in [6.45, 7) is 7.06. The van der Waals surface area contributed by atoms with Crippen molar-refractivity contribution in [3.63, 3.8) is 0 Å². The minimum atomic E-state index is 0.0818. The second-order valence-corrected chi connectivity index (χ2v) is 4.31. The van der Waals surface area contributed by atoms with Crippen molar-refractivity contribution in [2.24, 2.45) is 0 Å². The van der Waals surface area contributed by atoms with Gasteiger partial charge in [0.15, 0.2) is 0 Å². The SMILES string of the molecule is CCOCCC(=O)NCC1(C)CCCN1. The number of hydrogen-bond acceptors (Lipinski definition) is 3. The fourth-order valence-corrected chi connectivity index (χ4v) is 1.80. The number of carbonyl (C=O) groups is 1. The Hall–Kier alpha value is -0.610. The van der Waals surface area contributed by atoms with E-state index in [0.717, 1.165) is 19.5 Å². The molecule has 1 saturated heterocycles. The second kappa shape index (κ2) is 6.08. The minimum absolute atomic E-state index is 0.0818.